The van der Waals surface area contributed by atoms with E-state index in [1.54, 1.807) is 37.0 Å². The van der Waals surface area contributed by atoms with Crippen molar-refractivity contribution in [2.75, 3.05) is 37.0 Å². The molecule has 2 aliphatic rings. The minimum Gasteiger partial charge on any atom is -0.107 e. The van der Waals surface area contributed by atoms with Gasteiger partial charge >= 0.3 is 0 Å². The molecule has 0 nitrogen and oxygen atoms in total. The Morgan fingerprint density at radius 1 is 0.611 bits per heavy atom. The summed E-state index contributed by atoms with van der Waals surface area (Å²) in [7, 11) is 1.10. The fourth-order valence-electron chi connectivity index (χ4n) is 2.78. The monoisotopic (exact) mass is 288 g/mol. The first kappa shape index (κ1) is 16.9. The predicted octanol–water partition coefficient (Wildman–Crippen LogP) is 6.12. The lowest BCUT2D eigenvalue weighted by atomic mass is 10.4. The van der Waals surface area contributed by atoms with E-state index < -0.39 is 0 Å². The molecule has 0 spiro atoms. The third-order valence-corrected chi connectivity index (χ3v) is 9.75. The van der Waals surface area contributed by atoms with Crippen molar-refractivity contribution in [3.8, 4) is 0 Å². The topological polar surface area (TPSA) is 0 Å². The van der Waals surface area contributed by atoms with Crippen molar-refractivity contribution < 1.29 is 0 Å². The first-order valence-corrected chi connectivity index (χ1v) is 12.1. The zero-order valence-corrected chi connectivity index (χ0v) is 14.6. The SMILES string of the molecule is CCCCP1CCCC1.CCCCP1CCCC1. The van der Waals surface area contributed by atoms with Gasteiger partial charge in [0.15, 0.2) is 0 Å². The van der Waals surface area contributed by atoms with Crippen LogP contribution in [0.25, 0.3) is 0 Å². The lowest BCUT2D eigenvalue weighted by Gasteiger charge is -2.06. The summed E-state index contributed by atoms with van der Waals surface area (Å²) in [4.78, 5) is 0. The molecule has 0 unspecified atom stereocenters. The van der Waals surface area contributed by atoms with Crippen LogP contribution in [0.2, 0.25) is 0 Å². The van der Waals surface area contributed by atoms with E-state index >= 15 is 0 Å². The maximum atomic E-state index is 2.30. The van der Waals surface area contributed by atoms with Gasteiger partial charge in [-0.2, -0.15) is 0 Å². The molecule has 0 amide bonds. The Hall–Kier alpha value is 0.860. The summed E-state index contributed by atoms with van der Waals surface area (Å²) in [5, 5.41) is 0. The number of hydrogen-bond acceptors (Lipinski definition) is 0. The van der Waals surface area contributed by atoms with Gasteiger partial charge in [-0.05, 0) is 75.5 Å². The average molecular weight is 288 g/mol. The second-order valence-corrected chi connectivity index (χ2v) is 11.2. The van der Waals surface area contributed by atoms with Crippen LogP contribution >= 0.6 is 15.8 Å². The van der Waals surface area contributed by atoms with Gasteiger partial charge in [-0.25, -0.2) is 0 Å². The number of hydrogen-bond donors (Lipinski definition) is 0. The van der Waals surface area contributed by atoms with Gasteiger partial charge < -0.3 is 0 Å². The maximum Gasteiger partial charge on any atom is -0.0326 e. The summed E-state index contributed by atoms with van der Waals surface area (Å²) >= 11 is 0. The molecule has 2 heteroatoms. The van der Waals surface area contributed by atoms with E-state index in [-0.39, 0.29) is 0 Å². The molecule has 0 aromatic carbocycles. The molecule has 18 heavy (non-hydrogen) atoms. The summed E-state index contributed by atoms with van der Waals surface area (Å²) < 4.78 is 0. The first-order valence-electron chi connectivity index (χ1n) is 8.31. The molecule has 2 aliphatic heterocycles. The fraction of sp³-hybridized carbons (Fsp3) is 1.00. The minimum atomic E-state index is 0.549. The molecule has 0 atom stereocenters. The van der Waals surface area contributed by atoms with Crippen LogP contribution in [-0.4, -0.2) is 37.0 Å². The van der Waals surface area contributed by atoms with Crippen molar-refractivity contribution in [2.45, 2.75) is 65.2 Å². The zero-order chi connectivity index (χ0) is 13.1. The Kier molecular flexibility index (Phi) is 11.0. The van der Waals surface area contributed by atoms with E-state index in [9.17, 15) is 0 Å². The van der Waals surface area contributed by atoms with Gasteiger partial charge in [0.2, 0.25) is 0 Å². The summed E-state index contributed by atoms with van der Waals surface area (Å²) in [6.07, 6.45) is 21.5. The van der Waals surface area contributed by atoms with Gasteiger partial charge in [-0.1, -0.05) is 26.7 Å². The minimum absolute atomic E-state index is 0.549. The van der Waals surface area contributed by atoms with E-state index in [2.05, 4.69) is 13.8 Å². The largest absolute Gasteiger partial charge is 0.107 e. The van der Waals surface area contributed by atoms with Gasteiger partial charge in [0.05, 0.1) is 0 Å². The zero-order valence-electron chi connectivity index (χ0n) is 12.8. The van der Waals surface area contributed by atoms with Crippen LogP contribution in [0, 0.1) is 0 Å². The van der Waals surface area contributed by atoms with Crippen molar-refractivity contribution >= 4 is 15.8 Å². The molecule has 0 N–H and O–H groups in total. The Labute approximate surface area is 118 Å². The van der Waals surface area contributed by atoms with E-state index in [4.69, 9.17) is 0 Å². The highest BCUT2D eigenvalue weighted by Crippen LogP contribution is 2.44. The van der Waals surface area contributed by atoms with E-state index in [0.717, 1.165) is 0 Å². The van der Waals surface area contributed by atoms with Gasteiger partial charge in [0.25, 0.3) is 0 Å². The fourth-order valence-corrected chi connectivity index (χ4v) is 8.33. The highest BCUT2D eigenvalue weighted by Gasteiger charge is 2.12. The maximum absolute atomic E-state index is 2.30. The highest BCUT2D eigenvalue weighted by molar-refractivity contribution is 7.58. The summed E-state index contributed by atoms with van der Waals surface area (Å²) in [5.74, 6) is 0. The molecule has 2 rings (SSSR count). The van der Waals surface area contributed by atoms with Crippen LogP contribution in [-0.2, 0) is 0 Å². The molecule has 0 bridgehead atoms. The van der Waals surface area contributed by atoms with Crippen molar-refractivity contribution in [1.82, 2.24) is 0 Å². The smallest absolute Gasteiger partial charge is 0.0326 e. The standard InChI is InChI=1S/2C8H17P/c2*1-2-3-6-9-7-4-5-8-9/h2*2-8H2,1H3. The Morgan fingerprint density at radius 3 is 1.22 bits per heavy atom. The van der Waals surface area contributed by atoms with E-state index in [0.29, 0.717) is 15.8 Å². The number of unbranched alkanes of at least 4 members (excludes halogenated alkanes) is 2. The average Bonchev–Trinajstić information content (AvgIpc) is 3.07. The lowest BCUT2D eigenvalue weighted by molar-refractivity contribution is 0.891. The van der Waals surface area contributed by atoms with Gasteiger partial charge in [0, 0.05) is 0 Å². The highest BCUT2D eigenvalue weighted by atomic mass is 31.1. The quantitative estimate of drug-likeness (QED) is 0.516. The second-order valence-electron chi connectivity index (χ2n) is 5.80. The Bertz CT molecular complexity index is 150. The van der Waals surface area contributed by atoms with Gasteiger partial charge in [0.1, 0.15) is 0 Å². The molecule has 2 heterocycles. The summed E-state index contributed by atoms with van der Waals surface area (Å²) in [5.41, 5.74) is 0. The Morgan fingerprint density at radius 2 is 0.944 bits per heavy atom. The molecule has 2 saturated heterocycles. The molecule has 0 saturated carbocycles. The van der Waals surface area contributed by atoms with Crippen LogP contribution in [0.15, 0.2) is 0 Å². The van der Waals surface area contributed by atoms with Crippen molar-refractivity contribution in [3.63, 3.8) is 0 Å². The predicted molar refractivity (Wildman–Crippen MR) is 91.3 cm³/mol. The van der Waals surface area contributed by atoms with Crippen molar-refractivity contribution in [1.29, 1.82) is 0 Å². The molecule has 2 fully saturated rings. The van der Waals surface area contributed by atoms with Crippen LogP contribution in [0.3, 0.4) is 0 Å². The molecular weight excluding hydrogens is 254 g/mol. The van der Waals surface area contributed by atoms with Crippen LogP contribution in [0.1, 0.15) is 65.2 Å². The van der Waals surface area contributed by atoms with E-state index in [1.165, 1.54) is 51.4 Å². The summed E-state index contributed by atoms with van der Waals surface area (Å²) in [6.45, 7) is 4.59. The molecule has 0 aromatic rings. The van der Waals surface area contributed by atoms with Crippen molar-refractivity contribution in [2.24, 2.45) is 0 Å². The molecule has 0 radical (unpaired) electrons. The molecular formula is C16H34P2. The third kappa shape index (κ3) is 8.12. The lowest BCUT2D eigenvalue weighted by Crippen LogP contribution is -1.84. The molecule has 108 valence electrons. The van der Waals surface area contributed by atoms with E-state index in [1.807, 2.05) is 0 Å². The molecule has 0 aromatic heterocycles. The normalized spacial score (nSPS) is 21.0. The van der Waals surface area contributed by atoms with Gasteiger partial charge in [-0.15, -0.1) is 15.8 Å². The van der Waals surface area contributed by atoms with Crippen LogP contribution in [0.5, 0.6) is 0 Å². The van der Waals surface area contributed by atoms with Crippen LogP contribution < -0.4 is 0 Å². The molecule has 0 aliphatic carbocycles. The van der Waals surface area contributed by atoms with Gasteiger partial charge in [-0.3, -0.25) is 0 Å². The summed E-state index contributed by atoms with van der Waals surface area (Å²) in [6, 6.07) is 0. The second kappa shape index (κ2) is 11.7. The van der Waals surface area contributed by atoms with Crippen LogP contribution in [0.4, 0.5) is 0 Å². The first-order chi connectivity index (χ1) is 8.86. The third-order valence-electron chi connectivity index (χ3n) is 4.05. The van der Waals surface area contributed by atoms with Crippen molar-refractivity contribution in [3.05, 3.63) is 0 Å². The Balaban J connectivity index is 0.000000180. The number of rotatable bonds is 6.